The van der Waals surface area contributed by atoms with E-state index in [9.17, 15) is 4.79 Å². The first kappa shape index (κ1) is 14.7. The first-order valence-corrected chi connectivity index (χ1v) is 6.16. The number of hydrogen-bond acceptors (Lipinski definition) is 3. The summed E-state index contributed by atoms with van der Waals surface area (Å²) < 4.78 is 0. The van der Waals surface area contributed by atoms with Crippen LogP contribution in [-0.4, -0.2) is 42.7 Å². The van der Waals surface area contributed by atoms with Crippen molar-refractivity contribution >= 4 is 5.97 Å². The highest BCUT2D eigenvalue weighted by Gasteiger charge is 2.07. The predicted octanol–water partition coefficient (Wildman–Crippen LogP) is 1.35. The Morgan fingerprint density at radius 1 is 1.33 bits per heavy atom. The van der Waals surface area contributed by atoms with Crippen molar-refractivity contribution in [2.24, 2.45) is 0 Å². The topological polar surface area (TPSA) is 52.6 Å². The third-order valence-corrected chi connectivity index (χ3v) is 3.10. The molecule has 0 aromatic heterocycles. The lowest BCUT2D eigenvalue weighted by atomic mass is 10.0. The number of hydrogen-bond donors (Lipinski definition) is 2. The standard InChI is InChI=1S/C14H22N2O2/c1-11(16(2)3)9-15-10-13-7-5-4-6-12(13)8-14(17)18/h4-7,11,15H,8-10H2,1-3H3,(H,17,18). The molecule has 0 saturated heterocycles. The number of carboxylic acid groups (broad SMARTS) is 1. The van der Waals surface area contributed by atoms with Crippen LogP contribution in [0.25, 0.3) is 0 Å². The molecule has 1 rings (SSSR count). The van der Waals surface area contributed by atoms with Crippen molar-refractivity contribution in [3.05, 3.63) is 35.4 Å². The van der Waals surface area contributed by atoms with Gasteiger partial charge in [-0.2, -0.15) is 0 Å². The van der Waals surface area contributed by atoms with Crippen LogP contribution >= 0.6 is 0 Å². The number of carbonyl (C=O) groups is 1. The predicted molar refractivity (Wildman–Crippen MR) is 72.6 cm³/mol. The Kier molecular flexibility index (Phi) is 5.82. The van der Waals surface area contributed by atoms with Crippen molar-refractivity contribution in [2.45, 2.75) is 25.9 Å². The molecule has 0 aliphatic heterocycles. The molecular weight excluding hydrogens is 228 g/mol. The summed E-state index contributed by atoms with van der Waals surface area (Å²) in [6.45, 7) is 3.74. The zero-order chi connectivity index (χ0) is 13.5. The van der Waals surface area contributed by atoms with Crippen molar-refractivity contribution in [2.75, 3.05) is 20.6 Å². The maximum Gasteiger partial charge on any atom is 0.307 e. The highest BCUT2D eigenvalue weighted by molar-refractivity contribution is 5.70. The van der Waals surface area contributed by atoms with Crippen molar-refractivity contribution in [1.82, 2.24) is 10.2 Å². The number of aliphatic carboxylic acids is 1. The average molecular weight is 250 g/mol. The molecule has 1 atom stereocenters. The summed E-state index contributed by atoms with van der Waals surface area (Å²) >= 11 is 0. The van der Waals surface area contributed by atoms with E-state index in [1.165, 1.54) is 0 Å². The Bertz CT molecular complexity index is 391. The second kappa shape index (κ2) is 7.13. The fraction of sp³-hybridized carbons (Fsp3) is 0.500. The van der Waals surface area contributed by atoms with E-state index in [0.29, 0.717) is 12.6 Å². The van der Waals surface area contributed by atoms with Gasteiger partial charge >= 0.3 is 5.97 Å². The van der Waals surface area contributed by atoms with Crippen molar-refractivity contribution in [3.63, 3.8) is 0 Å². The van der Waals surface area contributed by atoms with Gasteiger partial charge in [-0.1, -0.05) is 24.3 Å². The van der Waals surface area contributed by atoms with E-state index in [0.717, 1.165) is 17.7 Å². The second-order valence-corrected chi connectivity index (χ2v) is 4.78. The molecule has 0 amide bonds. The number of likely N-dealkylation sites (N-methyl/N-ethyl adjacent to an activating group) is 1. The molecule has 0 bridgehead atoms. The zero-order valence-electron chi connectivity index (χ0n) is 11.3. The minimum atomic E-state index is -0.788. The van der Waals surface area contributed by atoms with Gasteiger partial charge in [-0.3, -0.25) is 4.79 Å². The summed E-state index contributed by atoms with van der Waals surface area (Å²) in [7, 11) is 4.09. The average Bonchev–Trinajstić information content (AvgIpc) is 2.30. The lowest BCUT2D eigenvalue weighted by Gasteiger charge is -2.20. The van der Waals surface area contributed by atoms with Crippen LogP contribution in [0, 0.1) is 0 Å². The largest absolute Gasteiger partial charge is 0.481 e. The van der Waals surface area contributed by atoms with Gasteiger partial charge in [0.05, 0.1) is 6.42 Å². The van der Waals surface area contributed by atoms with Crippen LogP contribution in [0.2, 0.25) is 0 Å². The van der Waals surface area contributed by atoms with Gasteiger partial charge < -0.3 is 15.3 Å². The number of nitrogens with one attached hydrogen (secondary N) is 1. The minimum absolute atomic E-state index is 0.0844. The van der Waals surface area contributed by atoms with Gasteiger partial charge in [0.2, 0.25) is 0 Å². The second-order valence-electron chi connectivity index (χ2n) is 4.78. The first-order valence-electron chi connectivity index (χ1n) is 6.16. The molecule has 18 heavy (non-hydrogen) atoms. The molecule has 100 valence electrons. The number of carboxylic acids is 1. The fourth-order valence-corrected chi connectivity index (χ4v) is 1.66. The van der Waals surface area contributed by atoms with E-state index < -0.39 is 5.97 Å². The normalized spacial score (nSPS) is 12.7. The molecule has 4 nitrogen and oxygen atoms in total. The van der Waals surface area contributed by atoms with E-state index in [1.807, 2.05) is 38.4 Å². The van der Waals surface area contributed by atoms with Gasteiger partial charge in [0.15, 0.2) is 0 Å². The van der Waals surface area contributed by atoms with Gasteiger partial charge in [-0.05, 0) is 32.1 Å². The van der Waals surface area contributed by atoms with Crippen LogP contribution in [0.3, 0.4) is 0 Å². The Balaban J connectivity index is 2.53. The van der Waals surface area contributed by atoms with Crippen LogP contribution in [-0.2, 0) is 17.8 Å². The molecule has 4 heteroatoms. The zero-order valence-corrected chi connectivity index (χ0v) is 11.3. The first-order chi connectivity index (χ1) is 8.50. The van der Waals surface area contributed by atoms with Crippen LogP contribution in [0.5, 0.6) is 0 Å². The molecule has 1 aromatic carbocycles. The molecule has 0 spiro atoms. The third-order valence-electron chi connectivity index (χ3n) is 3.10. The Morgan fingerprint density at radius 3 is 2.50 bits per heavy atom. The quantitative estimate of drug-likeness (QED) is 0.767. The van der Waals surface area contributed by atoms with Crippen LogP contribution < -0.4 is 5.32 Å². The van der Waals surface area contributed by atoms with Gasteiger partial charge in [-0.15, -0.1) is 0 Å². The molecule has 1 aromatic rings. The lowest BCUT2D eigenvalue weighted by molar-refractivity contribution is -0.136. The van der Waals surface area contributed by atoms with Crippen LogP contribution in [0.1, 0.15) is 18.1 Å². The Morgan fingerprint density at radius 2 is 1.94 bits per heavy atom. The van der Waals surface area contributed by atoms with E-state index in [-0.39, 0.29) is 6.42 Å². The summed E-state index contributed by atoms with van der Waals surface area (Å²) in [4.78, 5) is 12.9. The molecular formula is C14H22N2O2. The number of rotatable bonds is 7. The van der Waals surface area contributed by atoms with E-state index in [2.05, 4.69) is 17.1 Å². The molecule has 0 saturated carbocycles. The summed E-state index contributed by atoms with van der Waals surface area (Å²) in [6, 6.07) is 8.13. The van der Waals surface area contributed by atoms with Crippen molar-refractivity contribution in [3.8, 4) is 0 Å². The highest BCUT2D eigenvalue weighted by Crippen LogP contribution is 2.09. The minimum Gasteiger partial charge on any atom is -0.481 e. The Labute approximate surface area is 109 Å². The van der Waals surface area contributed by atoms with Gasteiger partial charge in [0, 0.05) is 19.1 Å². The SMILES string of the molecule is CC(CNCc1ccccc1CC(=O)O)N(C)C. The van der Waals surface area contributed by atoms with Crippen LogP contribution in [0.4, 0.5) is 0 Å². The summed E-state index contributed by atoms with van der Waals surface area (Å²) in [6.07, 6.45) is 0.0844. The van der Waals surface area contributed by atoms with Gasteiger partial charge in [-0.25, -0.2) is 0 Å². The van der Waals surface area contributed by atoms with Gasteiger partial charge in [0.1, 0.15) is 0 Å². The number of nitrogens with zero attached hydrogens (tertiary/aromatic N) is 1. The fourth-order valence-electron chi connectivity index (χ4n) is 1.66. The van der Waals surface area contributed by atoms with E-state index in [4.69, 9.17) is 5.11 Å². The molecule has 0 radical (unpaired) electrons. The lowest BCUT2D eigenvalue weighted by Crippen LogP contribution is -2.35. The summed E-state index contributed by atoms with van der Waals surface area (Å²) in [5, 5.41) is 12.2. The molecule has 0 aliphatic carbocycles. The summed E-state index contributed by atoms with van der Waals surface area (Å²) in [5.74, 6) is -0.788. The van der Waals surface area contributed by atoms with E-state index in [1.54, 1.807) is 0 Å². The molecule has 0 fully saturated rings. The monoisotopic (exact) mass is 250 g/mol. The Hall–Kier alpha value is -1.39. The molecule has 2 N–H and O–H groups in total. The molecule has 0 aliphatic rings. The maximum atomic E-state index is 10.8. The smallest absolute Gasteiger partial charge is 0.307 e. The van der Waals surface area contributed by atoms with Crippen LogP contribution in [0.15, 0.2) is 24.3 Å². The van der Waals surface area contributed by atoms with E-state index >= 15 is 0 Å². The third kappa shape index (κ3) is 4.85. The molecule has 1 unspecified atom stereocenters. The maximum absolute atomic E-state index is 10.8. The van der Waals surface area contributed by atoms with Crippen molar-refractivity contribution < 1.29 is 9.90 Å². The highest BCUT2D eigenvalue weighted by atomic mass is 16.4. The van der Waals surface area contributed by atoms with Gasteiger partial charge in [0.25, 0.3) is 0 Å². The molecule has 0 heterocycles. The van der Waals surface area contributed by atoms with Crippen molar-refractivity contribution in [1.29, 1.82) is 0 Å². The number of benzene rings is 1. The summed E-state index contributed by atoms with van der Waals surface area (Å²) in [5.41, 5.74) is 1.95.